The average molecular weight is 361 g/mol. The van der Waals surface area contributed by atoms with Gasteiger partial charge in [-0.25, -0.2) is 0 Å². The van der Waals surface area contributed by atoms with Crippen LogP contribution in [0.3, 0.4) is 0 Å². The molecule has 27 heavy (non-hydrogen) atoms. The van der Waals surface area contributed by atoms with E-state index in [-0.39, 0.29) is 5.75 Å². The Bertz CT molecular complexity index is 973. The lowest BCUT2D eigenvalue weighted by molar-refractivity contribution is 0.197. The third kappa shape index (κ3) is 3.42. The van der Waals surface area contributed by atoms with Crippen molar-refractivity contribution in [2.45, 2.75) is 18.9 Å². The minimum atomic E-state index is 0.222. The van der Waals surface area contributed by atoms with Crippen LogP contribution in [-0.4, -0.2) is 44.4 Å². The molecule has 6 nitrogen and oxygen atoms in total. The third-order valence-corrected chi connectivity index (χ3v) is 5.20. The van der Waals surface area contributed by atoms with E-state index in [4.69, 9.17) is 12.2 Å². The van der Waals surface area contributed by atoms with Gasteiger partial charge in [-0.1, -0.05) is 18.1 Å². The summed E-state index contributed by atoms with van der Waals surface area (Å²) in [5, 5.41) is 14.6. The van der Waals surface area contributed by atoms with Gasteiger partial charge in [0.25, 0.3) is 0 Å². The lowest BCUT2D eigenvalue weighted by Crippen LogP contribution is -2.34. The number of para-hydroxylation sites is 1. The molecule has 138 valence electrons. The minimum Gasteiger partial charge on any atom is -0.507 e. The second-order valence-corrected chi connectivity index (χ2v) is 6.95. The van der Waals surface area contributed by atoms with Crippen LogP contribution in [0.2, 0.25) is 0 Å². The summed E-state index contributed by atoms with van der Waals surface area (Å²) in [5.41, 5.74) is 9.58. The molecule has 4 rings (SSSR count). The molecule has 1 aromatic carbocycles. The Balaban J connectivity index is 1.54. The van der Waals surface area contributed by atoms with Crippen molar-refractivity contribution in [1.82, 2.24) is 19.7 Å². The van der Waals surface area contributed by atoms with Crippen LogP contribution in [0, 0.1) is 12.3 Å². The predicted molar refractivity (Wildman–Crippen MR) is 107 cm³/mol. The molecule has 1 aliphatic heterocycles. The van der Waals surface area contributed by atoms with Gasteiger partial charge in [-0.3, -0.25) is 9.58 Å². The molecule has 0 unspecified atom stereocenters. The predicted octanol–water partition coefficient (Wildman–Crippen LogP) is 3.10. The van der Waals surface area contributed by atoms with Crippen LogP contribution in [0.4, 0.5) is 5.82 Å². The van der Waals surface area contributed by atoms with Crippen molar-refractivity contribution in [3.63, 3.8) is 0 Å². The van der Waals surface area contributed by atoms with Gasteiger partial charge in [0, 0.05) is 36.0 Å². The zero-order chi connectivity index (χ0) is 18.8. The zero-order valence-corrected chi connectivity index (χ0v) is 15.1. The number of aromatic hydroxyl groups is 1. The van der Waals surface area contributed by atoms with Crippen molar-refractivity contribution in [2.75, 3.05) is 25.4 Å². The maximum absolute atomic E-state index is 10.1. The summed E-state index contributed by atoms with van der Waals surface area (Å²) < 4.78 is 2.04. The van der Waals surface area contributed by atoms with Crippen LogP contribution < -0.4 is 5.73 Å². The van der Waals surface area contributed by atoms with E-state index < -0.39 is 0 Å². The summed E-state index contributed by atoms with van der Waals surface area (Å²) in [6, 6.07) is 9.54. The quantitative estimate of drug-likeness (QED) is 0.624. The summed E-state index contributed by atoms with van der Waals surface area (Å²) in [6.07, 6.45) is 11.4. The van der Waals surface area contributed by atoms with Crippen molar-refractivity contribution < 1.29 is 5.11 Å². The minimum absolute atomic E-state index is 0.222. The molecule has 0 atom stereocenters. The molecule has 6 heteroatoms. The summed E-state index contributed by atoms with van der Waals surface area (Å²) in [5.74, 6) is 3.50. The van der Waals surface area contributed by atoms with Gasteiger partial charge in [-0.2, -0.15) is 5.10 Å². The number of H-pyrrole nitrogens is 1. The van der Waals surface area contributed by atoms with E-state index in [1.807, 2.05) is 29.1 Å². The van der Waals surface area contributed by atoms with Crippen LogP contribution in [-0.2, 0) is 0 Å². The number of aromatic amines is 1. The van der Waals surface area contributed by atoms with Crippen molar-refractivity contribution in [3.05, 3.63) is 42.7 Å². The number of piperidine rings is 1. The van der Waals surface area contributed by atoms with Crippen molar-refractivity contribution >= 4 is 5.82 Å². The van der Waals surface area contributed by atoms with Gasteiger partial charge in [0.2, 0.25) is 0 Å². The maximum atomic E-state index is 10.1. The van der Waals surface area contributed by atoms with Crippen molar-refractivity contribution in [3.8, 4) is 40.5 Å². The second kappa shape index (κ2) is 7.22. The Morgan fingerprint density at radius 2 is 2.04 bits per heavy atom. The van der Waals surface area contributed by atoms with Crippen molar-refractivity contribution in [2.24, 2.45) is 0 Å². The molecule has 0 bridgehead atoms. The number of rotatable bonds is 4. The first-order chi connectivity index (χ1) is 13.2. The number of terminal acetylenes is 1. The molecule has 1 aliphatic rings. The smallest absolute Gasteiger partial charge is 0.124 e. The van der Waals surface area contributed by atoms with Gasteiger partial charge in [0.05, 0.1) is 24.5 Å². The molecule has 4 N–H and O–H groups in total. The van der Waals surface area contributed by atoms with Gasteiger partial charge in [0.1, 0.15) is 11.6 Å². The van der Waals surface area contributed by atoms with Gasteiger partial charge in [-0.05, 0) is 31.0 Å². The Hall–Kier alpha value is -3.17. The third-order valence-electron chi connectivity index (χ3n) is 5.20. The first kappa shape index (κ1) is 17.3. The fourth-order valence-corrected chi connectivity index (χ4v) is 3.70. The Labute approximate surface area is 158 Å². The molecular weight excluding hydrogens is 338 g/mol. The molecule has 0 radical (unpaired) electrons. The molecular formula is C21H23N5O. The highest BCUT2D eigenvalue weighted by Crippen LogP contribution is 2.35. The van der Waals surface area contributed by atoms with E-state index in [1.54, 1.807) is 12.1 Å². The van der Waals surface area contributed by atoms with E-state index in [9.17, 15) is 5.11 Å². The molecule has 0 aliphatic carbocycles. The maximum Gasteiger partial charge on any atom is 0.124 e. The lowest BCUT2D eigenvalue weighted by Gasteiger charge is -2.30. The summed E-state index contributed by atoms with van der Waals surface area (Å²) in [7, 11) is 0. The highest BCUT2D eigenvalue weighted by atomic mass is 16.3. The summed E-state index contributed by atoms with van der Waals surface area (Å²) in [6.45, 7) is 2.70. The van der Waals surface area contributed by atoms with Crippen LogP contribution in [0.1, 0.15) is 18.9 Å². The molecule has 0 amide bonds. The van der Waals surface area contributed by atoms with Gasteiger partial charge in [-0.15, -0.1) is 6.42 Å². The number of nitrogen functional groups attached to an aromatic ring is 1. The number of hydrogen-bond acceptors (Lipinski definition) is 4. The number of benzene rings is 1. The SMILES string of the molecule is C#CCN1CCC(n2cc(-c3cc(-c4ccccc4O)[nH]c3N)cn2)CC1. The molecule has 1 saturated heterocycles. The largest absolute Gasteiger partial charge is 0.507 e. The normalized spacial score (nSPS) is 15.7. The number of phenols is 1. The zero-order valence-electron chi connectivity index (χ0n) is 15.1. The fraction of sp³-hybridized carbons (Fsp3) is 0.286. The Kier molecular flexibility index (Phi) is 4.61. The van der Waals surface area contributed by atoms with Gasteiger partial charge >= 0.3 is 0 Å². The highest BCUT2D eigenvalue weighted by Gasteiger charge is 2.21. The molecule has 3 aromatic rings. The number of likely N-dealkylation sites (tertiary alicyclic amines) is 1. The number of nitrogens with one attached hydrogen (secondary N) is 1. The number of phenolic OH excluding ortho intramolecular Hbond substituents is 1. The topological polar surface area (TPSA) is 83.1 Å². The van der Waals surface area contributed by atoms with Crippen LogP contribution in [0.5, 0.6) is 5.75 Å². The van der Waals surface area contributed by atoms with Gasteiger partial charge in [0.15, 0.2) is 0 Å². The van der Waals surface area contributed by atoms with Crippen molar-refractivity contribution in [1.29, 1.82) is 0 Å². The van der Waals surface area contributed by atoms with Crippen LogP contribution in [0.15, 0.2) is 42.7 Å². The van der Waals surface area contributed by atoms with Crippen LogP contribution >= 0.6 is 0 Å². The molecule has 3 heterocycles. The standard InChI is InChI=1S/C21H23N5O/c1-2-9-25-10-7-16(8-11-25)26-14-15(13-23-26)18-12-19(24-21(18)22)17-5-3-4-6-20(17)27/h1,3-6,12-14,16,24,27H,7-11,22H2. The van der Waals surface area contributed by atoms with Gasteiger partial charge < -0.3 is 15.8 Å². The van der Waals surface area contributed by atoms with E-state index in [1.165, 1.54) is 0 Å². The first-order valence-corrected chi connectivity index (χ1v) is 9.13. The first-order valence-electron chi connectivity index (χ1n) is 9.13. The number of nitrogens with two attached hydrogens (primary N) is 1. The number of anilines is 1. The number of nitrogens with zero attached hydrogens (tertiary/aromatic N) is 3. The summed E-state index contributed by atoms with van der Waals surface area (Å²) >= 11 is 0. The van der Waals surface area contributed by atoms with Crippen LogP contribution in [0.25, 0.3) is 22.4 Å². The number of hydrogen-bond donors (Lipinski definition) is 3. The van der Waals surface area contributed by atoms with E-state index in [0.717, 1.165) is 48.3 Å². The molecule has 0 spiro atoms. The fourth-order valence-electron chi connectivity index (χ4n) is 3.70. The highest BCUT2D eigenvalue weighted by molar-refractivity contribution is 5.81. The monoisotopic (exact) mass is 361 g/mol. The lowest BCUT2D eigenvalue weighted by atomic mass is 10.1. The van der Waals surface area contributed by atoms with E-state index in [2.05, 4.69) is 27.1 Å². The molecule has 0 saturated carbocycles. The average Bonchev–Trinajstić information content (AvgIpc) is 3.30. The van der Waals surface area contributed by atoms with E-state index in [0.29, 0.717) is 18.4 Å². The van der Waals surface area contributed by atoms with E-state index >= 15 is 0 Å². The Morgan fingerprint density at radius 1 is 1.26 bits per heavy atom. The second-order valence-electron chi connectivity index (χ2n) is 6.95. The molecule has 2 aromatic heterocycles. The number of aromatic nitrogens is 3. The summed E-state index contributed by atoms with van der Waals surface area (Å²) in [4.78, 5) is 5.46. The molecule has 1 fully saturated rings. The Morgan fingerprint density at radius 3 is 2.78 bits per heavy atom.